The minimum Gasteiger partial charge on any atom is -0.353 e. The van der Waals surface area contributed by atoms with Crippen LogP contribution in [0, 0.1) is 11.8 Å². The molecule has 2 fully saturated rings. The molecule has 1 aromatic rings. The number of hydrogen-bond donors (Lipinski definition) is 2. The number of amides is 2. The smallest absolute Gasteiger partial charge is 0.225 e. The van der Waals surface area contributed by atoms with Crippen molar-refractivity contribution in [3.05, 3.63) is 35.9 Å². The summed E-state index contributed by atoms with van der Waals surface area (Å²) in [5.74, 6) is 0.199. The van der Waals surface area contributed by atoms with Crippen molar-refractivity contribution >= 4 is 24.2 Å². The van der Waals surface area contributed by atoms with Crippen molar-refractivity contribution in [2.45, 2.75) is 51.1 Å². The van der Waals surface area contributed by atoms with Gasteiger partial charge in [0.25, 0.3) is 0 Å². The van der Waals surface area contributed by atoms with E-state index in [9.17, 15) is 9.59 Å². The molecule has 6 heteroatoms. The average Bonchev–Trinajstić information content (AvgIpc) is 3.04. The summed E-state index contributed by atoms with van der Waals surface area (Å²) in [7, 11) is 0. The first-order chi connectivity index (χ1) is 12.1. The maximum absolute atomic E-state index is 12.7. The predicted octanol–water partition coefficient (Wildman–Crippen LogP) is 2.65. The fraction of sp³-hybridized carbons (Fsp3) is 0.600. The van der Waals surface area contributed by atoms with Crippen LogP contribution in [-0.2, 0) is 9.59 Å². The number of nitrogens with zero attached hydrogens (tertiary/aromatic N) is 1. The molecule has 2 amide bonds. The molecule has 1 aliphatic heterocycles. The standard InChI is InChI=1S/C20H29N3O2.ClH/c1-14(15-7-3-2-4-8-15)23-13-17(11-19(23)24)20(25)22-18-10-6-5-9-16(18)12-21;/h2-4,7-8,14,16-18H,5-6,9-13,21H2,1H3,(H,22,25);1H. The van der Waals surface area contributed by atoms with E-state index >= 15 is 0 Å². The van der Waals surface area contributed by atoms with Gasteiger partial charge in [-0.1, -0.05) is 43.2 Å². The van der Waals surface area contributed by atoms with Crippen LogP contribution in [0.4, 0.5) is 0 Å². The van der Waals surface area contributed by atoms with Crippen molar-refractivity contribution < 1.29 is 9.59 Å². The third-order valence-corrected chi connectivity index (χ3v) is 5.82. The Labute approximate surface area is 162 Å². The normalized spacial score (nSPS) is 26.9. The Morgan fingerprint density at radius 3 is 2.65 bits per heavy atom. The lowest BCUT2D eigenvalue weighted by molar-refractivity contribution is -0.130. The van der Waals surface area contributed by atoms with Crippen molar-refractivity contribution in [1.29, 1.82) is 0 Å². The van der Waals surface area contributed by atoms with Gasteiger partial charge in [-0.2, -0.15) is 0 Å². The summed E-state index contributed by atoms with van der Waals surface area (Å²) < 4.78 is 0. The van der Waals surface area contributed by atoms with Gasteiger partial charge in [0.15, 0.2) is 0 Å². The number of carbonyl (C=O) groups excluding carboxylic acids is 2. The first-order valence-corrected chi connectivity index (χ1v) is 9.45. The van der Waals surface area contributed by atoms with Gasteiger partial charge < -0.3 is 16.0 Å². The molecule has 4 unspecified atom stereocenters. The molecule has 144 valence electrons. The fourth-order valence-electron chi connectivity index (χ4n) is 4.17. The van der Waals surface area contributed by atoms with Crippen molar-refractivity contribution in [3.8, 4) is 0 Å². The lowest BCUT2D eigenvalue weighted by atomic mass is 9.84. The summed E-state index contributed by atoms with van der Waals surface area (Å²) in [5.41, 5.74) is 6.96. The van der Waals surface area contributed by atoms with E-state index in [1.165, 1.54) is 6.42 Å². The molecule has 26 heavy (non-hydrogen) atoms. The van der Waals surface area contributed by atoms with Gasteiger partial charge in [0.2, 0.25) is 11.8 Å². The van der Waals surface area contributed by atoms with Crippen LogP contribution in [0.15, 0.2) is 30.3 Å². The second kappa shape index (κ2) is 9.38. The highest BCUT2D eigenvalue weighted by molar-refractivity contribution is 5.89. The Balaban J connectivity index is 0.00000243. The monoisotopic (exact) mass is 379 g/mol. The van der Waals surface area contributed by atoms with Gasteiger partial charge in [-0.05, 0) is 37.8 Å². The van der Waals surface area contributed by atoms with Gasteiger partial charge in [0.05, 0.1) is 12.0 Å². The van der Waals surface area contributed by atoms with Crippen molar-refractivity contribution in [1.82, 2.24) is 10.2 Å². The molecule has 1 aliphatic carbocycles. The lowest BCUT2D eigenvalue weighted by Gasteiger charge is -2.32. The van der Waals surface area contributed by atoms with E-state index in [4.69, 9.17) is 5.73 Å². The SMILES string of the molecule is CC(c1ccccc1)N1CC(C(=O)NC2CCCCC2CN)CC1=O.Cl. The largest absolute Gasteiger partial charge is 0.353 e. The molecule has 0 spiro atoms. The molecule has 1 saturated carbocycles. The Kier molecular flexibility index (Phi) is 7.47. The van der Waals surface area contributed by atoms with E-state index in [1.54, 1.807) is 0 Å². The third-order valence-electron chi connectivity index (χ3n) is 5.82. The van der Waals surface area contributed by atoms with Crippen LogP contribution in [0.25, 0.3) is 0 Å². The van der Waals surface area contributed by atoms with Crippen LogP contribution in [0.2, 0.25) is 0 Å². The molecule has 2 aliphatic rings. The molecular weight excluding hydrogens is 350 g/mol. The molecule has 1 heterocycles. The Bertz CT molecular complexity index is 610. The van der Waals surface area contributed by atoms with E-state index in [0.29, 0.717) is 25.4 Å². The van der Waals surface area contributed by atoms with E-state index in [2.05, 4.69) is 5.32 Å². The molecule has 1 saturated heterocycles. The summed E-state index contributed by atoms with van der Waals surface area (Å²) in [6.45, 7) is 3.14. The predicted molar refractivity (Wildman–Crippen MR) is 105 cm³/mol. The number of likely N-dealkylation sites (tertiary alicyclic amines) is 1. The molecule has 0 bridgehead atoms. The topological polar surface area (TPSA) is 75.4 Å². The second-order valence-corrected chi connectivity index (χ2v) is 7.43. The summed E-state index contributed by atoms with van der Waals surface area (Å²) in [4.78, 5) is 27.0. The van der Waals surface area contributed by atoms with Crippen LogP contribution in [-0.4, -0.2) is 35.8 Å². The van der Waals surface area contributed by atoms with E-state index in [0.717, 1.165) is 24.8 Å². The van der Waals surface area contributed by atoms with Crippen molar-refractivity contribution in [2.24, 2.45) is 17.6 Å². The van der Waals surface area contributed by atoms with E-state index in [-0.39, 0.29) is 42.2 Å². The Morgan fingerprint density at radius 2 is 1.96 bits per heavy atom. The highest BCUT2D eigenvalue weighted by Crippen LogP contribution is 2.29. The summed E-state index contributed by atoms with van der Waals surface area (Å²) in [6, 6.07) is 10.1. The minimum absolute atomic E-state index is 0. The molecular formula is C20H30ClN3O2. The Hall–Kier alpha value is -1.59. The zero-order chi connectivity index (χ0) is 17.8. The van der Waals surface area contributed by atoms with Crippen molar-refractivity contribution in [3.63, 3.8) is 0 Å². The third kappa shape index (κ3) is 4.57. The fourth-order valence-corrected chi connectivity index (χ4v) is 4.17. The minimum atomic E-state index is -0.251. The van der Waals surface area contributed by atoms with Gasteiger partial charge in [-0.3, -0.25) is 9.59 Å². The quantitative estimate of drug-likeness (QED) is 0.825. The molecule has 3 N–H and O–H groups in total. The molecule has 3 rings (SSSR count). The van der Waals surface area contributed by atoms with Crippen LogP contribution in [0.1, 0.15) is 50.6 Å². The number of nitrogens with two attached hydrogens (primary N) is 1. The van der Waals surface area contributed by atoms with Gasteiger partial charge in [-0.15, -0.1) is 12.4 Å². The summed E-state index contributed by atoms with van der Waals surface area (Å²) in [5, 5.41) is 3.18. The Morgan fingerprint density at radius 1 is 1.27 bits per heavy atom. The van der Waals surface area contributed by atoms with Crippen LogP contribution in [0.5, 0.6) is 0 Å². The number of rotatable bonds is 5. The number of benzene rings is 1. The second-order valence-electron chi connectivity index (χ2n) is 7.43. The maximum Gasteiger partial charge on any atom is 0.225 e. The highest BCUT2D eigenvalue weighted by atomic mass is 35.5. The molecule has 0 aromatic heterocycles. The van der Waals surface area contributed by atoms with E-state index < -0.39 is 0 Å². The van der Waals surface area contributed by atoms with Gasteiger partial charge in [-0.25, -0.2) is 0 Å². The van der Waals surface area contributed by atoms with Gasteiger partial charge in [0.1, 0.15) is 0 Å². The average molecular weight is 380 g/mol. The molecule has 4 atom stereocenters. The number of carbonyl (C=O) groups is 2. The number of halogens is 1. The first-order valence-electron chi connectivity index (χ1n) is 9.45. The zero-order valence-corrected chi connectivity index (χ0v) is 16.2. The first kappa shape index (κ1) is 20.7. The summed E-state index contributed by atoms with van der Waals surface area (Å²) >= 11 is 0. The molecule has 5 nitrogen and oxygen atoms in total. The maximum atomic E-state index is 12.7. The van der Waals surface area contributed by atoms with Gasteiger partial charge in [0, 0.05) is 19.0 Å². The number of nitrogens with one attached hydrogen (secondary N) is 1. The van der Waals surface area contributed by atoms with Crippen LogP contribution in [0.3, 0.4) is 0 Å². The molecule has 0 radical (unpaired) electrons. The van der Waals surface area contributed by atoms with E-state index in [1.807, 2.05) is 42.2 Å². The lowest BCUT2D eigenvalue weighted by Crippen LogP contribution is -2.47. The molecule has 1 aromatic carbocycles. The van der Waals surface area contributed by atoms with Gasteiger partial charge >= 0.3 is 0 Å². The zero-order valence-electron chi connectivity index (χ0n) is 15.4. The van der Waals surface area contributed by atoms with Crippen LogP contribution < -0.4 is 11.1 Å². The summed E-state index contributed by atoms with van der Waals surface area (Å²) in [6.07, 6.45) is 4.73. The highest BCUT2D eigenvalue weighted by Gasteiger charge is 2.38. The van der Waals surface area contributed by atoms with Crippen molar-refractivity contribution in [2.75, 3.05) is 13.1 Å². The van der Waals surface area contributed by atoms with Crippen LogP contribution >= 0.6 is 12.4 Å². The number of hydrogen-bond acceptors (Lipinski definition) is 3.